The molecule has 2 heterocycles. The van der Waals surface area contributed by atoms with Crippen LogP contribution in [0.3, 0.4) is 0 Å². The molecule has 0 aliphatic carbocycles. The summed E-state index contributed by atoms with van der Waals surface area (Å²) in [4.78, 5) is 8.43. The molecule has 0 aromatic carbocycles. The maximum absolute atomic E-state index is 4.86. The Morgan fingerprint density at radius 3 is 2.80 bits per heavy atom. The van der Waals surface area contributed by atoms with Crippen molar-refractivity contribution in [2.24, 2.45) is 0 Å². The van der Waals surface area contributed by atoms with Crippen LogP contribution in [0.5, 0.6) is 0 Å². The second-order valence-corrected chi connectivity index (χ2v) is 4.25. The molecule has 80 valence electrons. The Morgan fingerprint density at radius 1 is 1.33 bits per heavy atom. The molecule has 0 fully saturated rings. The molecule has 0 spiro atoms. The molecule has 2 aromatic heterocycles. The average Bonchev–Trinajstić information content (AvgIpc) is 2.76. The Hall–Kier alpha value is -1.27. The van der Waals surface area contributed by atoms with Crippen molar-refractivity contribution in [3.05, 3.63) is 27.8 Å². The van der Waals surface area contributed by atoms with Gasteiger partial charge in [0, 0.05) is 18.8 Å². The Morgan fingerprint density at radius 2 is 2.20 bits per heavy atom. The highest BCUT2D eigenvalue weighted by atomic mass is 32.1. The predicted octanol–water partition coefficient (Wildman–Crippen LogP) is 1.43. The lowest BCUT2D eigenvalue weighted by atomic mass is 10.4. The largest absolute Gasteiger partial charge is 0.340 e. The quantitative estimate of drug-likeness (QED) is 0.851. The molecule has 15 heavy (non-hydrogen) atoms. The Labute approximate surface area is 91.5 Å². The molecule has 0 bridgehead atoms. The lowest BCUT2D eigenvalue weighted by Gasteiger charge is -1.97. The molecular formula is C9H12N4OS. The van der Waals surface area contributed by atoms with E-state index in [4.69, 9.17) is 4.52 Å². The van der Waals surface area contributed by atoms with Gasteiger partial charge >= 0.3 is 0 Å². The Balaban J connectivity index is 1.80. The minimum atomic E-state index is 0.594. The van der Waals surface area contributed by atoms with Crippen LogP contribution in [0.2, 0.25) is 0 Å². The zero-order valence-corrected chi connectivity index (χ0v) is 9.47. The summed E-state index contributed by atoms with van der Waals surface area (Å²) in [6.07, 6.45) is 0. The molecule has 5 nitrogen and oxygen atoms in total. The lowest BCUT2D eigenvalue weighted by Crippen LogP contribution is -2.13. The summed E-state index contributed by atoms with van der Waals surface area (Å²) in [6, 6.07) is 0. The molecule has 6 heteroatoms. The first-order valence-electron chi connectivity index (χ1n) is 4.65. The Bertz CT molecular complexity index is 397. The molecule has 0 saturated carbocycles. The summed E-state index contributed by atoms with van der Waals surface area (Å²) in [5, 5.41) is 10.1. The molecule has 2 aromatic rings. The van der Waals surface area contributed by atoms with Crippen LogP contribution in [-0.2, 0) is 13.1 Å². The highest BCUT2D eigenvalue weighted by molar-refractivity contribution is 7.09. The van der Waals surface area contributed by atoms with Crippen molar-refractivity contribution in [1.82, 2.24) is 20.4 Å². The molecule has 0 atom stereocenters. The van der Waals surface area contributed by atoms with Crippen LogP contribution in [-0.4, -0.2) is 15.1 Å². The van der Waals surface area contributed by atoms with Gasteiger partial charge in [0.1, 0.15) is 0 Å². The number of hydrogen-bond acceptors (Lipinski definition) is 6. The number of nitrogens with zero attached hydrogens (tertiary/aromatic N) is 3. The molecule has 0 aliphatic rings. The van der Waals surface area contributed by atoms with E-state index in [0.29, 0.717) is 18.3 Å². The van der Waals surface area contributed by atoms with Crippen molar-refractivity contribution in [3.63, 3.8) is 0 Å². The van der Waals surface area contributed by atoms with Crippen LogP contribution in [0.1, 0.15) is 22.4 Å². The van der Waals surface area contributed by atoms with Crippen LogP contribution >= 0.6 is 11.3 Å². The third kappa shape index (κ3) is 2.84. The molecule has 0 aliphatic heterocycles. The van der Waals surface area contributed by atoms with Crippen molar-refractivity contribution >= 4 is 11.3 Å². The predicted molar refractivity (Wildman–Crippen MR) is 56.4 cm³/mol. The Kier molecular flexibility index (Phi) is 3.08. The number of aromatic nitrogens is 3. The minimum absolute atomic E-state index is 0.594. The molecule has 1 N–H and O–H groups in total. The first-order valence-corrected chi connectivity index (χ1v) is 5.53. The van der Waals surface area contributed by atoms with E-state index in [9.17, 15) is 0 Å². The van der Waals surface area contributed by atoms with E-state index in [1.807, 2.05) is 12.3 Å². The summed E-state index contributed by atoms with van der Waals surface area (Å²) in [5.41, 5.74) is 1.05. The van der Waals surface area contributed by atoms with Gasteiger partial charge in [-0.05, 0) is 6.92 Å². The summed E-state index contributed by atoms with van der Waals surface area (Å²) >= 11 is 1.65. The summed E-state index contributed by atoms with van der Waals surface area (Å²) < 4.78 is 4.86. The third-order valence-electron chi connectivity index (χ3n) is 1.83. The van der Waals surface area contributed by atoms with E-state index in [1.54, 1.807) is 18.3 Å². The van der Waals surface area contributed by atoms with E-state index in [1.165, 1.54) is 0 Å². The molecule has 2 rings (SSSR count). The van der Waals surface area contributed by atoms with Gasteiger partial charge in [-0.2, -0.15) is 4.98 Å². The summed E-state index contributed by atoms with van der Waals surface area (Å²) in [5.74, 6) is 1.27. The van der Waals surface area contributed by atoms with Crippen molar-refractivity contribution in [2.75, 3.05) is 0 Å². The smallest absolute Gasteiger partial charge is 0.223 e. The van der Waals surface area contributed by atoms with E-state index in [0.717, 1.165) is 17.2 Å². The van der Waals surface area contributed by atoms with Gasteiger partial charge in [0.25, 0.3) is 0 Å². The third-order valence-corrected chi connectivity index (χ3v) is 2.65. The molecule has 0 radical (unpaired) electrons. The van der Waals surface area contributed by atoms with Crippen LogP contribution in [0.25, 0.3) is 0 Å². The van der Waals surface area contributed by atoms with Crippen LogP contribution in [0.4, 0.5) is 0 Å². The van der Waals surface area contributed by atoms with E-state index in [-0.39, 0.29) is 0 Å². The second-order valence-electron chi connectivity index (χ2n) is 3.19. The fourth-order valence-corrected chi connectivity index (χ4v) is 1.82. The summed E-state index contributed by atoms with van der Waals surface area (Å²) in [7, 11) is 0. The zero-order valence-electron chi connectivity index (χ0n) is 8.65. The highest BCUT2D eigenvalue weighted by Gasteiger charge is 2.02. The molecule has 0 saturated heterocycles. The first-order chi connectivity index (χ1) is 7.24. The van der Waals surface area contributed by atoms with Crippen LogP contribution in [0, 0.1) is 13.8 Å². The molecular weight excluding hydrogens is 212 g/mol. The number of thiazole rings is 1. The number of nitrogens with one attached hydrogen (secondary N) is 1. The lowest BCUT2D eigenvalue weighted by molar-refractivity contribution is 0.385. The number of aryl methyl sites for hydroxylation is 2. The monoisotopic (exact) mass is 224 g/mol. The standard InChI is InChI=1S/C9H12N4OS/c1-6-11-9(13-14-6)4-10-3-8-5-15-7(2)12-8/h5,10H,3-4H2,1-2H3. The topological polar surface area (TPSA) is 63.8 Å². The van der Waals surface area contributed by atoms with Gasteiger partial charge in [-0.15, -0.1) is 11.3 Å². The van der Waals surface area contributed by atoms with E-state index < -0.39 is 0 Å². The minimum Gasteiger partial charge on any atom is -0.340 e. The van der Waals surface area contributed by atoms with Gasteiger partial charge in [-0.1, -0.05) is 5.16 Å². The maximum Gasteiger partial charge on any atom is 0.223 e. The zero-order chi connectivity index (χ0) is 10.7. The van der Waals surface area contributed by atoms with Crippen molar-refractivity contribution < 1.29 is 4.52 Å². The first kappa shape index (κ1) is 10.3. The average molecular weight is 224 g/mol. The summed E-state index contributed by atoms with van der Waals surface area (Å²) in [6.45, 7) is 5.11. The van der Waals surface area contributed by atoms with Gasteiger partial charge in [0.2, 0.25) is 5.89 Å². The fraction of sp³-hybridized carbons (Fsp3) is 0.444. The van der Waals surface area contributed by atoms with Crippen molar-refractivity contribution in [2.45, 2.75) is 26.9 Å². The van der Waals surface area contributed by atoms with Gasteiger partial charge in [0.15, 0.2) is 5.82 Å². The van der Waals surface area contributed by atoms with Crippen LogP contribution in [0.15, 0.2) is 9.90 Å². The number of hydrogen-bond donors (Lipinski definition) is 1. The van der Waals surface area contributed by atoms with Crippen molar-refractivity contribution in [1.29, 1.82) is 0 Å². The van der Waals surface area contributed by atoms with Crippen LogP contribution < -0.4 is 5.32 Å². The van der Waals surface area contributed by atoms with Gasteiger partial charge in [-0.3, -0.25) is 0 Å². The van der Waals surface area contributed by atoms with Gasteiger partial charge < -0.3 is 9.84 Å². The van der Waals surface area contributed by atoms with Gasteiger partial charge in [-0.25, -0.2) is 4.98 Å². The van der Waals surface area contributed by atoms with E-state index in [2.05, 4.69) is 20.4 Å². The number of rotatable bonds is 4. The van der Waals surface area contributed by atoms with Crippen molar-refractivity contribution in [3.8, 4) is 0 Å². The van der Waals surface area contributed by atoms with E-state index >= 15 is 0 Å². The SMILES string of the molecule is Cc1nc(CNCc2csc(C)n2)no1. The fourth-order valence-electron chi connectivity index (χ4n) is 1.20. The normalized spacial score (nSPS) is 10.8. The van der Waals surface area contributed by atoms with Gasteiger partial charge in [0.05, 0.1) is 17.2 Å². The molecule has 0 unspecified atom stereocenters. The second kappa shape index (κ2) is 4.50. The highest BCUT2D eigenvalue weighted by Crippen LogP contribution is 2.07. The maximum atomic E-state index is 4.86. The molecule has 0 amide bonds.